The Labute approximate surface area is 168 Å². The molecule has 0 radical (unpaired) electrons. The van der Waals surface area contributed by atoms with Gasteiger partial charge in [-0.05, 0) is 31.2 Å². The van der Waals surface area contributed by atoms with Crippen LogP contribution in [-0.4, -0.2) is 52.1 Å². The van der Waals surface area contributed by atoms with Crippen LogP contribution in [0.25, 0.3) is 0 Å². The average molecular weight is 410 g/mol. The molecule has 1 amide bonds. The van der Waals surface area contributed by atoms with Crippen molar-refractivity contribution in [2.75, 3.05) is 25.9 Å². The molecule has 0 unspecified atom stereocenters. The highest BCUT2D eigenvalue weighted by atomic mass is 35.5. The minimum absolute atomic E-state index is 0.189. The number of nitrogen functional groups attached to an aromatic ring is 1. The van der Waals surface area contributed by atoms with Crippen LogP contribution in [0, 0.1) is 0 Å². The van der Waals surface area contributed by atoms with Gasteiger partial charge in [-0.25, -0.2) is 9.97 Å². The molecule has 0 saturated heterocycles. The van der Waals surface area contributed by atoms with E-state index < -0.39 is 5.97 Å². The number of hydrogen-bond donors (Lipinski definition) is 3. The number of carbonyl (C=O) groups excluding carboxylic acids is 1. The summed E-state index contributed by atoms with van der Waals surface area (Å²) in [6.45, 7) is 2.37. The van der Waals surface area contributed by atoms with Gasteiger partial charge >= 0.3 is 0 Å². The van der Waals surface area contributed by atoms with Gasteiger partial charge in [-0.15, -0.1) is 0 Å². The summed E-state index contributed by atoms with van der Waals surface area (Å²) in [6.07, 6.45) is 3.87. The number of benzene rings is 1. The van der Waals surface area contributed by atoms with Crippen molar-refractivity contribution < 1.29 is 19.4 Å². The van der Waals surface area contributed by atoms with Crippen molar-refractivity contribution in [2.24, 2.45) is 5.73 Å². The highest BCUT2D eigenvalue weighted by Gasteiger charge is 2.18. The van der Waals surface area contributed by atoms with Gasteiger partial charge in [0.25, 0.3) is 11.9 Å². The third kappa shape index (κ3) is 8.19. The van der Waals surface area contributed by atoms with E-state index in [0.717, 1.165) is 12.5 Å². The van der Waals surface area contributed by atoms with E-state index >= 15 is 0 Å². The van der Waals surface area contributed by atoms with Crippen molar-refractivity contribution in [1.29, 1.82) is 0 Å². The van der Waals surface area contributed by atoms with E-state index in [2.05, 4.69) is 9.97 Å². The smallest absolute Gasteiger partial charge is 0.300 e. The molecule has 2 rings (SSSR count). The Morgan fingerprint density at radius 2 is 1.89 bits per heavy atom. The molecule has 1 heterocycles. The first kappa shape index (κ1) is 23.1. The fraction of sp³-hybridized carbons (Fsp3) is 0.333. The summed E-state index contributed by atoms with van der Waals surface area (Å²) in [7, 11) is 1.69. The fourth-order valence-corrected chi connectivity index (χ4v) is 2.22. The maximum Gasteiger partial charge on any atom is 0.300 e. The van der Waals surface area contributed by atoms with Crippen LogP contribution in [0.1, 0.15) is 29.3 Å². The number of rotatable bonds is 7. The number of nitrogens with zero attached hydrogens (tertiary/aromatic N) is 3. The van der Waals surface area contributed by atoms with Crippen LogP contribution in [-0.2, 0) is 11.3 Å². The van der Waals surface area contributed by atoms with Crippen LogP contribution in [0.5, 0.6) is 5.75 Å². The SMILES string of the molecule is CC(=O)O.CN(Cc1cnc(N)nc1)C(=O)c1ccc(Cl)cc1OCCCN. The van der Waals surface area contributed by atoms with Crippen molar-refractivity contribution in [3.05, 3.63) is 46.7 Å². The van der Waals surface area contributed by atoms with Crippen LogP contribution in [0.2, 0.25) is 5.02 Å². The quantitative estimate of drug-likeness (QED) is 0.587. The number of amides is 1. The number of carboxylic acids is 1. The number of nitrogens with two attached hydrogens (primary N) is 2. The summed E-state index contributed by atoms with van der Waals surface area (Å²) < 4.78 is 5.64. The summed E-state index contributed by atoms with van der Waals surface area (Å²) in [6, 6.07) is 4.94. The van der Waals surface area contributed by atoms with E-state index in [1.807, 2.05) is 0 Å². The molecule has 2 aromatic rings. The van der Waals surface area contributed by atoms with Crippen LogP contribution in [0.3, 0.4) is 0 Å². The molecule has 0 aliphatic heterocycles. The molecule has 0 aliphatic carbocycles. The summed E-state index contributed by atoms with van der Waals surface area (Å²) in [4.78, 5) is 31.1. The predicted molar refractivity (Wildman–Crippen MR) is 106 cm³/mol. The Kier molecular flexibility index (Phi) is 9.69. The summed E-state index contributed by atoms with van der Waals surface area (Å²) >= 11 is 6.00. The van der Waals surface area contributed by atoms with Gasteiger partial charge in [-0.3, -0.25) is 9.59 Å². The highest BCUT2D eigenvalue weighted by molar-refractivity contribution is 6.30. The zero-order valence-electron chi connectivity index (χ0n) is 15.8. The molecule has 0 saturated carbocycles. The number of ether oxygens (including phenoxy) is 1. The molecule has 0 fully saturated rings. The molecule has 152 valence electrons. The number of aliphatic carboxylic acids is 1. The lowest BCUT2D eigenvalue weighted by Crippen LogP contribution is -2.27. The Bertz CT molecular complexity index is 782. The Balaban J connectivity index is 0.000000892. The third-order valence-electron chi connectivity index (χ3n) is 3.27. The Morgan fingerprint density at radius 1 is 1.29 bits per heavy atom. The number of aromatic nitrogens is 2. The minimum atomic E-state index is -0.833. The molecule has 10 heteroatoms. The summed E-state index contributed by atoms with van der Waals surface area (Å²) in [5, 5.41) is 7.92. The zero-order chi connectivity index (χ0) is 21.1. The lowest BCUT2D eigenvalue weighted by Gasteiger charge is -2.19. The van der Waals surface area contributed by atoms with E-state index in [0.29, 0.717) is 42.5 Å². The zero-order valence-corrected chi connectivity index (χ0v) is 16.5. The first-order valence-corrected chi connectivity index (χ1v) is 8.76. The maximum atomic E-state index is 12.7. The molecule has 1 aromatic carbocycles. The third-order valence-corrected chi connectivity index (χ3v) is 3.51. The van der Waals surface area contributed by atoms with Crippen molar-refractivity contribution in [2.45, 2.75) is 19.9 Å². The lowest BCUT2D eigenvalue weighted by atomic mass is 10.1. The van der Waals surface area contributed by atoms with E-state index in [4.69, 9.17) is 37.7 Å². The molecule has 1 aromatic heterocycles. The highest BCUT2D eigenvalue weighted by Crippen LogP contribution is 2.25. The molecule has 9 nitrogen and oxygen atoms in total. The average Bonchev–Trinajstić information content (AvgIpc) is 2.63. The molecule has 0 spiro atoms. The number of hydrogen-bond acceptors (Lipinski definition) is 7. The lowest BCUT2D eigenvalue weighted by molar-refractivity contribution is -0.134. The van der Waals surface area contributed by atoms with Gasteiger partial charge in [0.2, 0.25) is 5.95 Å². The second-order valence-corrected chi connectivity index (χ2v) is 6.20. The van der Waals surface area contributed by atoms with Crippen LogP contribution >= 0.6 is 11.6 Å². The number of halogens is 1. The van der Waals surface area contributed by atoms with Crippen LogP contribution in [0.4, 0.5) is 5.95 Å². The minimum Gasteiger partial charge on any atom is -0.493 e. The topological polar surface area (TPSA) is 145 Å². The standard InChI is InChI=1S/C16H20ClN5O2.C2H4O2/c1-22(10-11-8-20-16(19)21-9-11)15(23)13-4-3-12(17)7-14(13)24-6-2-5-18;1-2(3)4/h3-4,7-9H,2,5-6,10,18H2,1H3,(H2,19,20,21);1H3,(H,3,4). The molecular formula is C18H24ClN5O4. The van der Waals surface area contributed by atoms with Crippen molar-refractivity contribution in [3.8, 4) is 5.75 Å². The van der Waals surface area contributed by atoms with Gasteiger partial charge < -0.3 is 26.2 Å². The number of carboxylic acid groups (broad SMARTS) is 1. The van der Waals surface area contributed by atoms with Crippen molar-refractivity contribution in [1.82, 2.24) is 14.9 Å². The van der Waals surface area contributed by atoms with Gasteiger partial charge in [0.1, 0.15) is 5.75 Å². The van der Waals surface area contributed by atoms with E-state index in [9.17, 15) is 4.79 Å². The van der Waals surface area contributed by atoms with Gasteiger partial charge in [-0.2, -0.15) is 0 Å². The number of carbonyl (C=O) groups is 2. The van der Waals surface area contributed by atoms with Crippen LogP contribution in [0.15, 0.2) is 30.6 Å². The summed E-state index contributed by atoms with van der Waals surface area (Å²) in [5.74, 6) is -0.381. The normalized spacial score (nSPS) is 9.86. The molecular weight excluding hydrogens is 386 g/mol. The fourth-order valence-electron chi connectivity index (χ4n) is 2.06. The van der Waals surface area contributed by atoms with Gasteiger partial charge in [0.15, 0.2) is 0 Å². The molecule has 0 bridgehead atoms. The van der Waals surface area contributed by atoms with Gasteiger partial charge in [0.05, 0.1) is 12.2 Å². The number of anilines is 1. The van der Waals surface area contributed by atoms with Crippen molar-refractivity contribution >= 4 is 29.4 Å². The van der Waals surface area contributed by atoms with E-state index in [-0.39, 0.29) is 11.9 Å². The van der Waals surface area contributed by atoms with Gasteiger partial charge in [0, 0.05) is 43.5 Å². The largest absolute Gasteiger partial charge is 0.493 e. The van der Waals surface area contributed by atoms with Crippen LogP contribution < -0.4 is 16.2 Å². The second kappa shape index (κ2) is 11.7. The van der Waals surface area contributed by atoms with E-state index in [1.165, 1.54) is 0 Å². The molecule has 28 heavy (non-hydrogen) atoms. The molecule has 0 aliphatic rings. The van der Waals surface area contributed by atoms with E-state index in [1.54, 1.807) is 42.5 Å². The monoisotopic (exact) mass is 409 g/mol. The first-order chi connectivity index (χ1) is 13.2. The Morgan fingerprint density at radius 3 is 2.46 bits per heavy atom. The molecule has 0 atom stereocenters. The van der Waals surface area contributed by atoms with Crippen molar-refractivity contribution in [3.63, 3.8) is 0 Å². The first-order valence-electron chi connectivity index (χ1n) is 8.38. The maximum absolute atomic E-state index is 12.7. The Hall–Kier alpha value is -2.91. The molecule has 5 N–H and O–H groups in total. The second-order valence-electron chi connectivity index (χ2n) is 5.76. The predicted octanol–water partition coefficient (Wildman–Crippen LogP) is 1.80. The van der Waals surface area contributed by atoms with Gasteiger partial charge in [-0.1, -0.05) is 11.6 Å². The summed E-state index contributed by atoms with van der Waals surface area (Å²) in [5.41, 5.74) is 12.1.